The molecule has 2 aromatic rings. The molecule has 2 heterocycles. The van der Waals surface area contributed by atoms with Gasteiger partial charge in [-0.1, -0.05) is 18.2 Å². The van der Waals surface area contributed by atoms with Crippen molar-refractivity contribution in [2.24, 2.45) is 0 Å². The van der Waals surface area contributed by atoms with Crippen molar-refractivity contribution < 1.29 is 13.9 Å². The van der Waals surface area contributed by atoms with Gasteiger partial charge in [0.15, 0.2) is 0 Å². The molecule has 1 amide bonds. The van der Waals surface area contributed by atoms with Crippen molar-refractivity contribution in [2.45, 2.75) is 18.9 Å². The van der Waals surface area contributed by atoms with Gasteiger partial charge in [-0.05, 0) is 50.2 Å². The standard InChI is InChI=1S/C17H20N2O3/c20-17(22-14-7-2-1-3-8-14)18-13-15(16-9-6-12-21-16)19-10-4-5-11-19/h1-3,6-9,12,15H,4-5,10-11,13H2,(H,18,20). The molecule has 0 aliphatic carbocycles. The molecule has 0 saturated carbocycles. The first kappa shape index (κ1) is 14.7. The number of nitrogens with zero attached hydrogens (tertiary/aromatic N) is 1. The van der Waals surface area contributed by atoms with Crippen molar-refractivity contribution in [2.75, 3.05) is 19.6 Å². The molecule has 1 atom stereocenters. The van der Waals surface area contributed by atoms with Crippen LogP contribution in [0.1, 0.15) is 24.6 Å². The molecule has 22 heavy (non-hydrogen) atoms. The van der Waals surface area contributed by atoms with Gasteiger partial charge < -0.3 is 14.5 Å². The maximum absolute atomic E-state index is 11.9. The topological polar surface area (TPSA) is 54.7 Å². The largest absolute Gasteiger partial charge is 0.468 e. The van der Waals surface area contributed by atoms with E-state index in [0.717, 1.165) is 18.8 Å². The molecule has 1 saturated heterocycles. The Labute approximate surface area is 129 Å². The predicted octanol–water partition coefficient (Wildman–Crippen LogP) is 3.21. The van der Waals surface area contributed by atoms with E-state index in [4.69, 9.17) is 9.15 Å². The van der Waals surface area contributed by atoms with Gasteiger partial charge in [0, 0.05) is 6.54 Å². The number of hydrogen-bond acceptors (Lipinski definition) is 4. The summed E-state index contributed by atoms with van der Waals surface area (Å²) in [6.45, 7) is 2.53. The fourth-order valence-electron chi connectivity index (χ4n) is 2.76. The van der Waals surface area contributed by atoms with Gasteiger partial charge in [-0.2, -0.15) is 0 Å². The molecule has 1 aromatic carbocycles. The molecule has 0 radical (unpaired) electrons. The maximum atomic E-state index is 11.9. The van der Waals surface area contributed by atoms with Crippen LogP contribution in [0.3, 0.4) is 0 Å². The highest BCUT2D eigenvalue weighted by molar-refractivity contribution is 5.70. The van der Waals surface area contributed by atoms with Crippen molar-refractivity contribution >= 4 is 6.09 Å². The Morgan fingerprint density at radius 3 is 2.64 bits per heavy atom. The molecule has 1 N–H and O–H groups in total. The molecular formula is C17H20N2O3. The van der Waals surface area contributed by atoms with Crippen LogP contribution in [0.5, 0.6) is 5.75 Å². The summed E-state index contributed by atoms with van der Waals surface area (Å²) in [5, 5.41) is 2.83. The van der Waals surface area contributed by atoms with Gasteiger partial charge in [-0.25, -0.2) is 4.79 Å². The number of nitrogens with one attached hydrogen (secondary N) is 1. The first-order valence-electron chi connectivity index (χ1n) is 7.61. The third-order valence-electron chi connectivity index (χ3n) is 3.85. The normalized spacial score (nSPS) is 16.4. The molecule has 1 aromatic heterocycles. The van der Waals surface area contributed by atoms with Crippen LogP contribution in [0.25, 0.3) is 0 Å². The van der Waals surface area contributed by atoms with Crippen molar-refractivity contribution in [1.29, 1.82) is 0 Å². The van der Waals surface area contributed by atoms with Crippen LogP contribution >= 0.6 is 0 Å². The minimum Gasteiger partial charge on any atom is -0.468 e. The van der Waals surface area contributed by atoms with Gasteiger partial charge in [0.05, 0.1) is 12.3 Å². The molecule has 1 fully saturated rings. The maximum Gasteiger partial charge on any atom is 0.412 e. The molecule has 1 aliphatic rings. The van der Waals surface area contributed by atoms with E-state index in [1.165, 1.54) is 12.8 Å². The average molecular weight is 300 g/mol. The Balaban J connectivity index is 1.58. The highest BCUT2D eigenvalue weighted by Crippen LogP contribution is 2.24. The van der Waals surface area contributed by atoms with E-state index in [1.54, 1.807) is 18.4 Å². The van der Waals surface area contributed by atoms with E-state index in [0.29, 0.717) is 12.3 Å². The van der Waals surface area contributed by atoms with E-state index < -0.39 is 6.09 Å². The second-order valence-corrected chi connectivity index (χ2v) is 5.36. The quantitative estimate of drug-likeness (QED) is 0.921. The zero-order valence-corrected chi connectivity index (χ0v) is 12.4. The third kappa shape index (κ3) is 3.68. The van der Waals surface area contributed by atoms with Crippen LogP contribution in [0.15, 0.2) is 53.1 Å². The number of carbonyl (C=O) groups is 1. The van der Waals surface area contributed by atoms with Gasteiger partial charge in [0.2, 0.25) is 0 Å². The van der Waals surface area contributed by atoms with E-state index in [2.05, 4.69) is 10.2 Å². The summed E-state index contributed by atoms with van der Waals surface area (Å²) in [4.78, 5) is 14.3. The number of amides is 1. The Bertz CT molecular complexity index is 577. The van der Waals surface area contributed by atoms with Crippen molar-refractivity contribution in [1.82, 2.24) is 10.2 Å². The van der Waals surface area contributed by atoms with E-state index >= 15 is 0 Å². The fourth-order valence-corrected chi connectivity index (χ4v) is 2.76. The number of furan rings is 1. The summed E-state index contributed by atoms with van der Waals surface area (Å²) in [6, 6.07) is 12.9. The van der Waals surface area contributed by atoms with Gasteiger partial charge >= 0.3 is 6.09 Å². The molecule has 3 rings (SSSR count). The van der Waals surface area contributed by atoms with Gasteiger partial charge in [0.25, 0.3) is 0 Å². The molecule has 5 nitrogen and oxygen atoms in total. The fraction of sp³-hybridized carbons (Fsp3) is 0.353. The summed E-state index contributed by atoms with van der Waals surface area (Å²) in [5.74, 6) is 1.41. The highest BCUT2D eigenvalue weighted by Gasteiger charge is 2.26. The lowest BCUT2D eigenvalue weighted by Gasteiger charge is -2.25. The first-order chi connectivity index (χ1) is 10.8. The van der Waals surface area contributed by atoms with Crippen molar-refractivity contribution in [3.05, 3.63) is 54.5 Å². The second kappa shape index (κ2) is 7.13. The molecule has 1 aliphatic heterocycles. The highest BCUT2D eigenvalue weighted by atomic mass is 16.6. The van der Waals surface area contributed by atoms with Crippen LogP contribution in [-0.2, 0) is 0 Å². The number of benzene rings is 1. The molecule has 1 unspecified atom stereocenters. The Kier molecular flexibility index (Phi) is 4.75. The molecular weight excluding hydrogens is 280 g/mol. The number of ether oxygens (including phenoxy) is 1. The van der Waals surface area contributed by atoms with Crippen LogP contribution in [0.2, 0.25) is 0 Å². The first-order valence-corrected chi connectivity index (χ1v) is 7.61. The minimum atomic E-state index is -0.443. The number of rotatable bonds is 5. The average Bonchev–Trinajstić information content (AvgIpc) is 3.22. The lowest BCUT2D eigenvalue weighted by molar-refractivity contribution is 0.182. The number of carbonyl (C=O) groups excluding carboxylic acids is 1. The number of para-hydroxylation sites is 1. The Morgan fingerprint density at radius 2 is 1.95 bits per heavy atom. The smallest absolute Gasteiger partial charge is 0.412 e. The number of hydrogen-bond donors (Lipinski definition) is 1. The zero-order chi connectivity index (χ0) is 15.2. The molecule has 5 heteroatoms. The van der Waals surface area contributed by atoms with Crippen LogP contribution in [0.4, 0.5) is 4.79 Å². The van der Waals surface area contributed by atoms with Crippen molar-refractivity contribution in [3.8, 4) is 5.75 Å². The molecule has 116 valence electrons. The second-order valence-electron chi connectivity index (χ2n) is 5.36. The monoisotopic (exact) mass is 300 g/mol. The van der Waals surface area contributed by atoms with Crippen LogP contribution in [-0.4, -0.2) is 30.6 Å². The predicted molar refractivity (Wildman–Crippen MR) is 82.7 cm³/mol. The van der Waals surface area contributed by atoms with Gasteiger partial charge in [-0.15, -0.1) is 0 Å². The summed E-state index contributed by atoms with van der Waals surface area (Å²) >= 11 is 0. The summed E-state index contributed by atoms with van der Waals surface area (Å²) < 4.78 is 10.8. The van der Waals surface area contributed by atoms with Gasteiger partial charge in [0.1, 0.15) is 11.5 Å². The third-order valence-corrected chi connectivity index (χ3v) is 3.85. The summed E-state index contributed by atoms with van der Waals surface area (Å²) in [6.07, 6.45) is 3.60. The van der Waals surface area contributed by atoms with Crippen molar-refractivity contribution in [3.63, 3.8) is 0 Å². The summed E-state index contributed by atoms with van der Waals surface area (Å²) in [5.41, 5.74) is 0. The lowest BCUT2D eigenvalue weighted by atomic mass is 10.2. The van der Waals surface area contributed by atoms with E-state index in [1.807, 2.05) is 30.3 Å². The van der Waals surface area contributed by atoms with E-state index in [9.17, 15) is 4.79 Å². The van der Waals surface area contributed by atoms with Crippen LogP contribution in [0, 0.1) is 0 Å². The minimum absolute atomic E-state index is 0.0563. The zero-order valence-electron chi connectivity index (χ0n) is 12.4. The number of likely N-dealkylation sites (tertiary alicyclic amines) is 1. The Hall–Kier alpha value is -2.27. The SMILES string of the molecule is O=C(NCC(c1ccco1)N1CCCC1)Oc1ccccc1. The lowest BCUT2D eigenvalue weighted by Crippen LogP contribution is -2.37. The summed E-state index contributed by atoms with van der Waals surface area (Å²) in [7, 11) is 0. The van der Waals surface area contributed by atoms with Gasteiger partial charge in [-0.3, -0.25) is 4.90 Å². The van der Waals surface area contributed by atoms with Crippen LogP contribution < -0.4 is 10.1 Å². The Morgan fingerprint density at radius 1 is 1.18 bits per heavy atom. The molecule has 0 spiro atoms. The molecule has 0 bridgehead atoms. The van der Waals surface area contributed by atoms with E-state index in [-0.39, 0.29) is 6.04 Å².